The van der Waals surface area contributed by atoms with Crippen LogP contribution in [0.2, 0.25) is 0 Å². The van der Waals surface area contributed by atoms with Crippen LogP contribution >= 0.6 is 15.6 Å². The monoisotopic (exact) mass is 1350 g/mol. The zero-order chi connectivity index (χ0) is 67.9. The summed E-state index contributed by atoms with van der Waals surface area (Å²) in [5, 5.41) is 10.6. The summed E-state index contributed by atoms with van der Waals surface area (Å²) in [6.07, 6.45) is 51.7. The number of unbranched alkanes of at least 4 members (excludes halogenated alkanes) is 42. The Morgan fingerprint density at radius 1 is 0.293 bits per heavy atom. The van der Waals surface area contributed by atoms with Crippen LogP contribution in [0.15, 0.2) is 0 Å². The Balaban J connectivity index is 5.13. The third kappa shape index (κ3) is 66.7. The molecule has 0 aliphatic rings. The number of aliphatic hydroxyl groups is 1. The van der Waals surface area contributed by atoms with Crippen LogP contribution < -0.4 is 0 Å². The summed E-state index contributed by atoms with van der Waals surface area (Å²) in [6, 6.07) is 0. The fourth-order valence-electron chi connectivity index (χ4n) is 11.1. The van der Waals surface area contributed by atoms with Crippen LogP contribution in [-0.4, -0.2) is 96.7 Å². The molecule has 0 aromatic heterocycles. The predicted molar refractivity (Wildman–Crippen MR) is 372 cm³/mol. The Labute approximate surface area is 562 Å². The van der Waals surface area contributed by atoms with E-state index in [0.29, 0.717) is 31.6 Å². The predicted octanol–water partition coefficient (Wildman–Crippen LogP) is 21.2. The number of esters is 4. The van der Waals surface area contributed by atoms with Crippen LogP contribution in [0.5, 0.6) is 0 Å². The van der Waals surface area contributed by atoms with Crippen molar-refractivity contribution in [2.75, 3.05) is 39.6 Å². The third-order valence-corrected chi connectivity index (χ3v) is 18.9. The SMILES string of the molecule is CCCCCCCCCCCCCCCCCCCCCCCCC(=O)O[C@H](COC(=O)CCCCCCCCCCC(C)C)COP(=O)(O)OC[C@@H](O)COP(=O)(O)OC[C@@H](COC(=O)CCCCCCCCCCC)OC(=O)CCCCCCCCCC(C)C. The summed E-state index contributed by atoms with van der Waals surface area (Å²) in [5.74, 6) is -0.705. The van der Waals surface area contributed by atoms with Gasteiger partial charge in [-0.2, -0.15) is 0 Å². The van der Waals surface area contributed by atoms with Gasteiger partial charge in [-0.15, -0.1) is 0 Å². The first kappa shape index (κ1) is 90.1. The molecule has 92 heavy (non-hydrogen) atoms. The highest BCUT2D eigenvalue weighted by Gasteiger charge is 2.30. The molecule has 17 nitrogen and oxygen atoms in total. The Morgan fingerprint density at radius 2 is 0.500 bits per heavy atom. The van der Waals surface area contributed by atoms with Crippen molar-refractivity contribution in [3.63, 3.8) is 0 Å². The average Bonchev–Trinajstić information content (AvgIpc) is 3.52. The largest absolute Gasteiger partial charge is 0.472 e. The number of hydrogen-bond donors (Lipinski definition) is 3. The van der Waals surface area contributed by atoms with E-state index in [-0.39, 0.29) is 25.7 Å². The van der Waals surface area contributed by atoms with Gasteiger partial charge in [0.25, 0.3) is 0 Å². The molecule has 546 valence electrons. The number of carbonyl (C=O) groups is 4. The second kappa shape index (κ2) is 65.0. The van der Waals surface area contributed by atoms with Gasteiger partial charge in [0.1, 0.15) is 19.3 Å². The molecule has 0 saturated carbocycles. The molecule has 0 aliphatic heterocycles. The average molecular weight is 1350 g/mol. The van der Waals surface area contributed by atoms with Gasteiger partial charge < -0.3 is 33.8 Å². The molecule has 0 aromatic carbocycles. The normalized spacial score (nSPS) is 14.1. The summed E-state index contributed by atoms with van der Waals surface area (Å²) in [7, 11) is -9.90. The lowest BCUT2D eigenvalue weighted by atomic mass is 10.0. The quantitative estimate of drug-likeness (QED) is 0.0222. The van der Waals surface area contributed by atoms with Gasteiger partial charge in [-0.25, -0.2) is 9.13 Å². The molecule has 3 N–H and O–H groups in total. The second-order valence-electron chi connectivity index (χ2n) is 27.3. The zero-order valence-corrected chi connectivity index (χ0v) is 61.6. The molecule has 0 rings (SSSR count). The van der Waals surface area contributed by atoms with Crippen molar-refractivity contribution in [1.82, 2.24) is 0 Å². The Morgan fingerprint density at radius 3 is 0.739 bits per heavy atom. The van der Waals surface area contributed by atoms with Crippen LogP contribution in [-0.2, 0) is 65.4 Å². The number of aliphatic hydroxyl groups excluding tert-OH is 1. The van der Waals surface area contributed by atoms with Gasteiger partial charge in [-0.3, -0.25) is 37.3 Å². The van der Waals surface area contributed by atoms with E-state index < -0.39 is 97.5 Å². The minimum atomic E-state index is -4.95. The van der Waals surface area contributed by atoms with Gasteiger partial charge in [0.2, 0.25) is 0 Å². The lowest BCUT2D eigenvalue weighted by molar-refractivity contribution is -0.161. The molecular formula is C73H142O17P2. The molecule has 0 fully saturated rings. The van der Waals surface area contributed by atoms with E-state index in [1.807, 2.05) is 0 Å². The van der Waals surface area contributed by atoms with E-state index in [2.05, 4.69) is 41.5 Å². The van der Waals surface area contributed by atoms with Crippen molar-refractivity contribution in [1.29, 1.82) is 0 Å². The molecule has 0 radical (unpaired) electrons. The molecular weight excluding hydrogens is 1210 g/mol. The van der Waals surface area contributed by atoms with E-state index in [9.17, 15) is 43.2 Å². The van der Waals surface area contributed by atoms with Gasteiger partial charge in [-0.1, -0.05) is 324 Å². The molecule has 2 unspecified atom stereocenters. The van der Waals surface area contributed by atoms with Crippen molar-refractivity contribution < 1.29 is 80.2 Å². The maximum absolute atomic E-state index is 13.0. The first-order valence-corrected chi connectivity index (χ1v) is 41.0. The number of phosphoric acid groups is 2. The van der Waals surface area contributed by atoms with Crippen molar-refractivity contribution in [2.45, 2.75) is 394 Å². The summed E-state index contributed by atoms with van der Waals surface area (Å²) in [4.78, 5) is 72.5. The molecule has 0 aliphatic carbocycles. The topological polar surface area (TPSA) is 237 Å². The van der Waals surface area contributed by atoms with Crippen molar-refractivity contribution >= 4 is 39.5 Å². The van der Waals surface area contributed by atoms with E-state index in [4.69, 9.17) is 37.0 Å². The number of hydrogen-bond acceptors (Lipinski definition) is 15. The molecule has 5 atom stereocenters. The fraction of sp³-hybridized carbons (Fsp3) is 0.945. The number of phosphoric ester groups is 2. The summed E-state index contributed by atoms with van der Waals surface area (Å²) in [5.41, 5.74) is 0. The van der Waals surface area contributed by atoms with E-state index >= 15 is 0 Å². The molecule has 0 bridgehead atoms. The lowest BCUT2D eigenvalue weighted by Gasteiger charge is -2.21. The van der Waals surface area contributed by atoms with Crippen LogP contribution in [0.3, 0.4) is 0 Å². The van der Waals surface area contributed by atoms with Gasteiger partial charge in [0, 0.05) is 25.7 Å². The van der Waals surface area contributed by atoms with Gasteiger partial charge in [0.15, 0.2) is 12.2 Å². The zero-order valence-electron chi connectivity index (χ0n) is 59.9. The molecule has 0 spiro atoms. The minimum absolute atomic E-state index is 0.103. The van der Waals surface area contributed by atoms with E-state index in [1.165, 1.54) is 193 Å². The fourth-order valence-corrected chi connectivity index (χ4v) is 12.7. The van der Waals surface area contributed by atoms with Crippen LogP contribution in [0, 0.1) is 11.8 Å². The Kier molecular flexibility index (Phi) is 63.7. The minimum Gasteiger partial charge on any atom is -0.462 e. The summed E-state index contributed by atoms with van der Waals surface area (Å²) >= 11 is 0. The highest BCUT2D eigenvalue weighted by atomic mass is 31.2. The van der Waals surface area contributed by atoms with E-state index in [1.54, 1.807) is 0 Å². The molecule has 0 saturated heterocycles. The standard InChI is InChI=1S/C73H142O17P2/c1-7-9-11-13-15-17-18-19-20-21-22-23-24-25-26-27-28-29-31-39-45-51-57-72(77)89-68(61-84-71(76)56-50-44-38-33-32-35-41-47-53-65(3)4)63-87-91(79,80)85-59-67(74)60-86-92(81,82)88-64-69(62-83-70(75)55-49-43-37-30-16-14-12-10-8-2)90-73(78)58-52-46-40-34-36-42-48-54-66(5)6/h65-69,74H,7-64H2,1-6H3,(H,79,80)(H,81,82)/t67-,68-,69-/m1/s1. The summed E-state index contributed by atoms with van der Waals surface area (Å²) < 4.78 is 68.3. The number of ether oxygens (including phenoxy) is 4. The van der Waals surface area contributed by atoms with Gasteiger partial charge in [-0.05, 0) is 37.5 Å². The van der Waals surface area contributed by atoms with Crippen molar-refractivity contribution in [3.8, 4) is 0 Å². The first-order valence-electron chi connectivity index (χ1n) is 38.0. The smallest absolute Gasteiger partial charge is 0.462 e. The molecule has 0 aromatic rings. The highest BCUT2D eigenvalue weighted by molar-refractivity contribution is 7.47. The maximum Gasteiger partial charge on any atom is 0.472 e. The van der Waals surface area contributed by atoms with Crippen molar-refractivity contribution in [2.24, 2.45) is 11.8 Å². The van der Waals surface area contributed by atoms with Gasteiger partial charge >= 0.3 is 39.5 Å². The molecule has 0 amide bonds. The van der Waals surface area contributed by atoms with Crippen LogP contribution in [0.1, 0.15) is 375 Å². The highest BCUT2D eigenvalue weighted by Crippen LogP contribution is 2.45. The summed E-state index contributed by atoms with van der Waals surface area (Å²) in [6.45, 7) is 9.45. The Hall–Kier alpha value is -1.94. The number of rotatable bonds is 72. The molecule has 19 heteroatoms. The second-order valence-corrected chi connectivity index (χ2v) is 30.2. The third-order valence-electron chi connectivity index (χ3n) is 17.0. The van der Waals surface area contributed by atoms with Crippen LogP contribution in [0.25, 0.3) is 0 Å². The van der Waals surface area contributed by atoms with Crippen LogP contribution in [0.4, 0.5) is 0 Å². The number of carbonyl (C=O) groups excluding carboxylic acids is 4. The maximum atomic E-state index is 13.0. The van der Waals surface area contributed by atoms with Crippen molar-refractivity contribution in [3.05, 3.63) is 0 Å². The lowest BCUT2D eigenvalue weighted by Crippen LogP contribution is -2.30. The first-order chi connectivity index (χ1) is 44.4. The van der Waals surface area contributed by atoms with Gasteiger partial charge in [0.05, 0.1) is 26.4 Å². The molecule has 0 heterocycles. The van der Waals surface area contributed by atoms with E-state index in [0.717, 1.165) is 95.8 Å². The Bertz CT molecular complexity index is 1790.